The van der Waals surface area contributed by atoms with E-state index in [4.69, 9.17) is 0 Å². The Kier molecular flexibility index (Phi) is 5.20. The molecule has 0 spiro atoms. The number of nitrogens with zero attached hydrogens (tertiary/aromatic N) is 1. The molecule has 0 heterocycles. The Morgan fingerprint density at radius 1 is 1.41 bits per heavy atom. The van der Waals surface area contributed by atoms with Crippen LogP contribution in [0.15, 0.2) is 29.4 Å². The van der Waals surface area contributed by atoms with Gasteiger partial charge in [0.25, 0.3) is 0 Å². The molecule has 0 atom stereocenters. The molecule has 0 saturated carbocycles. The van der Waals surface area contributed by atoms with Gasteiger partial charge in [-0.15, -0.1) is 0 Å². The number of carbonyl (C=O) groups is 1. The number of hydrogen-bond donors (Lipinski definition) is 2. The second kappa shape index (κ2) is 6.68. The van der Waals surface area contributed by atoms with Crippen LogP contribution in [0.1, 0.15) is 38.7 Å². The van der Waals surface area contributed by atoms with Gasteiger partial charge in [0, 0.05) is 11.9 Å². The molecule has 0 aliphatic carbocycles. The molecule has 0 bridgehead atoms. The topological polar surface area (TPSA) is 53.5 Å². The number of amides is 2. The first kappa shape index (κ1) is 13.2. The number of hydrazone groups is 1. The van der Waals surface area contributed by atoms with Crippen molar-refractivity contribution >= 4 is 17.9 Å². The summed E-state index contributed by atoms with van der Waals surface area (Å²) in [7, 11) is 0. The number of para-hydroxylation sites is 1. The van der Waals surface area contributed by atoms with Gasteiger partial charge in [-0.1, -0.05) is 39.0 Å². The average Bonchev–Trinajstić information content (AvgIpc) is 2.29. The highest BCUT2D eigenvalue weighted by Crippen LogP contribution is 2.23. The van der Waals surface area contributed by atoms with Crippen molar-refractivity contribution in [2.24, 2.45) is 5.10 Å². The minimum absolute atomic E-state index is 0.317. The van der Waals surface area contributed by atoms with Crippen molar-refractivity contribution in [1.29, 1.82) is 0 Å². The fourth-order valence-electron chi connectivity index (χ4n) is 1.46. The molecule has 1 aromatic carbocycles. The molecule has 92 valence electrons. The molecule has 0 unspecified atom stereocenters. The van der Waals surface area contributed by atoms with Gasteiger partial charge in [-0.2, -0.15) is 5.10 Å². The third-order valence-corrected chi connectivity index (χ3v) is 2.27. The quantitative estimate of drug-likeness (QED) is 0.608. The summed E-state index contributed by atoms with van der Waals surface area (Å²) in [5.74, 6) is 0.366. The number of carbonyl (C=O) groups excluding carboxylic acids is 1. The molecule has 1 aromatic rings. The number of hydrogen-bond acceptors (Lipinski definition) is 2. The lowest BCUT2D eigenvalue weighted by Gasteiger charge is -2.12. The van der Waals surface area contributed by atoms with Crippen molar-refractivity contribution in [3.05, 3.63) is 29.8 Å². The lowest BCUT2D eigenvalue weighted by molar-refractivity contribution is 0.252. The fourth-order valence-corrected chi connectivity index (χ4v) is 1.46. The molecule has 0 aliphatic rings. The monoisotopic (exact) mass is 233 g/mol. The van der Waals surface area contributed by atoms with Gasteiger partial charge in [-0.25, -0.2) is 10.2 Å². The molecule has 2 amide bonds. The summed E-state index contributed by atoms with van der Waals surface area (Å²) in [4.78, 5) is 11.5. The van der Waals surface area contributed by atoms with E-state index in [0.717, 1.165) is 17.7 Å². The lowest BCUT2D eigenvalue weighted by Crippen LogP contribution is -2.24. The first-order valence-electron chi connectivity index (χ1n) is 5.82. The summed E-state index contributed by atoms with van der Waals surface area (Å²) in [5, 5.41) is 6.56. The first-order valence-corrected chi connectivity index (χ1v) is 5.82. The molecule has 0 aromatic heterocycles. The van der Waals surface area contributed by atoms with Gasteiger partial charge in [-0.05, 0) is 24.0 Å². The number of benzene rings is 1. The van der Waals surface area contributed by atoms with E-state index in [9.17, 15) is 4.79 Å². The zero-order valence-corrected chi connectivity index (χ0v) is 10.5. The predicted octanol–water partition coefficient (Wildman–Crippen LogP) is 3.33. The van der Waals surface area contributed by atoms with Crippen LogP contribution >= 0.6 is 0 Å². The molecule has 0 saturated heterocycles. The summed E-state index contributed by atoms with van der Waals surface area (Å²) in [6.07, 6.45) is 2.44. The van der Waals surface area contributed by atoms with E-state index in [1.807, 2.05) is 31.2 Å². The highest BCUT2D eigenvalue weighted by Gasteiger charge is 2.07. The largest absolute Gasteiger partial charge is 0.339 e. The number of nitrogens with one attached hydrogen (secondary N) is 2. The van der Waals surface area contributed by atoms with Gasteiger partial charge in [0.1, 0.15) is 0 Å². The molecular weight excluding hydrogens is 214 g/mol. The third kappa shape index (κ3) is 4.26. The van der Waals surface area contributed by atoms with Crippen molar-refractivity contribution < 1.29 is 4.79 Å². The number of anilines is 1. The molecule has 0 fully saturated rings. The second-order valence-corrected chi connectivity index (χ2v) is 4.03. The summed E-state index contributed by atoms with van der Waals surface area (Å²) in [5.41, 5.74) is 4.36. The summed E-state index contributed by atoms with van der Waals surface area (Å²) in [6, 6.07) is 7.45. The van der Waals surface area contributed by atoms with E-state index in [2.05, 4.69) is 29.7 Å². The Hall–Kier alpha value is -1.84. The van der Waals surface area contributed by atoms with Gasteiger partial charge in [0.2, 0.25) is 0 Å². The highest BCUT2D eigenvalue weighted by molar-refractivity contribution is 5.90. The summed E-state index contributed by atoms with van der Waals surface area (Å²) >= 11 is 0. The van der Waals surface area contributed by atoms with Crippen LogP contribution in [0.4, 0.5) is 10.5 Å². The van der Waals surface area contributed by atoms with Crippen molar-refractivity contribution in [2.75, 3.05) is 5.32 Å². The van der Waals surface area contributed by atoms with Crippen LogP contribution < -0.4 is 10.7 Å². The van der Waals surface area contributed by atoms with Crippen molar-refractivity contribution in [1.82, 2.24) is 5.43 Å². The zero-order chi connectivity index (χ0) is 12.7. The van der Waals surface area contributed by atoms with Gasteiger partial charge in [-0.3, -0.25) is 0 Å². The zero-order valence-electron chi connectivity index (χ0n) is 10.5. The van der Waals surface area contributed by atoms with Crippen LogP contribution in [0.5, 0.6) is 0 Å². The lowest BCUT2D eigenvalue weighted by atomic mass is 10.0. The normalized spacial score (nSPS) is 10.8. The summed E-state index contributed by atoms with van der Waals surface area (Å²) < 4.78 is 0. The summed E-state index contributed by atoms with van der Waals surface area (Å²) in [6.45, 7) is 6.14. The van der Waals surface area contributed by atoms with Crippen molar-refractivity contribution in [3.63, 3.8) is 0 Å². The predicted molar refractivity (Wildman–Crippen MR) is 71.5 cm³/mol. The number of urea groups is 1. The minimum atomic E-state index is -0.317. The van der Waals surface area contributed by atoms with E-state index in [1.54, 1.807) is 6.21 Å². The molecule has 2 N–H and O–H groups in total. The minimum Gasteiger partial charge on any atom is -0.306 e. The standard InChI is InChI=1S/C13H19N3O/c1-4-9-14-16-13(17)15-12-8-6-5-7-11(12)10(2)3/h5-10H,4H2,1-3H3,(H2,15,16,17)/b14-9+. The SMILES string of the molecule is CC/C=N/NC(=O)Nc1ccccc1C(C)C. The molecule has 0 radical (unpaired) electrons. The molecule has 4 heteroatoms. The van der Waals surface area contributed by atoms with E-state index in [1.165, 1.54) is 0 Å². The van der Waals surface area contributed by atoms with Crippen LogP contribution in [0.3, 0.4) is 0 Å². The van der Waals surface area contributed by atoms with Gasteiger partial charge in [0.05, 0.1) is 0 Å². The molecule has 17 heavy (non-hydrogen) atoms. The number of rotatable bonds is 4. The fraction of sp³-hybridized carbons (Fsp3) is 0.385. The smallest absolute Gasteiger partial charge is 0.306 e. The molecular formula is C13H19N3O. The van der Waals surface area contributed by atoms with Crippen LogP contribution in [-0.4, -0.2) is 12.2 Å². The molecule has 4 nitrogen and oxygen atoms in total. The van der Waals surface area contributed by atoms with Gasteiger partial charge >= 0.3 is 6.03 Å². The van der Waals surface area contributed by atoms with E-state index >= 15 is 0 Å². The van der Waals surface area contributed by atoms with Crippen LogP contribution in [0, 0.1) is 0 Å². The molecule has 1 rings (SSSR count). The Morgan fingerprint density at radius 3 is 2.76 bits per heavy atom. The van der Waals surface area contributed by atoms with Crippen LogP contribution in [0.2, 0.25) is 0 Å². The van der Waals surface area contributed by atoms with Gasteiger partial charge in [0.15, 0.2) is 0 Å². The van der Waals surface area contributed by atoms with Crippen molar-refractivity contribution in [3.8, 4) is 0 Å². The van der Waals surface area contributed by atoms with Crippen LogP contribution in [0.25, 0.3) is 0 Å². The second-order valence-electron chi connectivity index (χ2n) is 4.03. The average molecular weight is 233 g/mol. The maximum absolute atomic E-state index is 11.5. The van der Waals surface area contributed by atoms with Crippen LogP contribution in [-0.2, 0) is 0 Å². The Labute approximate surface area is 102 Å². The van der Waals surface area contributed by atoms with E-state index in [0.29, 0.717) is 5.92 Å². The van der Waals surface area contributed by atoms with Crippen molar-refractivity contribution in [2.45, 2.75) is 33.1 Å². The van der Waals surface area contributed by atoms with Gasteiger partial charge < -0.3 is 5.32 Å². The van der Waals surface area contributed by atoms with E-state index < -0.39 is 0 Å². The maximum Gasteiger partial charge on any atom is 0.339 e. The van der Waals surface area contributed by atoms with E-state index in [-0.39, 0.29) is 6.03 Å². The Balaban J connectivity index is 2.68. The third-order valence-electron chi connectivity index (χ3n) is 2.27. The first-order chi connectivity index (χ1) is 8.15. The Morgan fingerprint density at radius 2 is 2.12 bits per heavy atom. The Bertz CT molecular complexity index is 399. The molecule has 0 aliphatic heterocycles. The maximum atomic E-state index is 11.5. The highest BCUT2D eigenvalue weighted by atomic mass is 16.2.